The molecule has 0 spiro atoms. The molecular weight excluding hydrogens is 344 g/mol. The lowest BCUT2D eigenvalue weighted by Gasteiger charge is -2.32. The highest BCUT2D eigenvalue weighted by molar-refractivity contribution is 5.92. The van der Waals surface area contributed by atoms with E-state index >= 15 is 0 Å². The Morgan fingerprint density at radius 2 is 2.07 bits per heavy atom. The quantitative estimate of drug-likeness (QED) is 0.847. The number of carbonyl (C=O) groups is 2. The van der Waals surface area contributed by atoms with E-state index in [2.05, 4.69) is 10.4 Å². The lowest BCUT2D eigenvalue weighted by atomic mass is 9.97. The number of para-hydroxylation sites is 1. The van der Waals surface area contributed by atoms with Crippen molar-refractivity contribution in [2.75, 3.05) is 25.0 Å². The average molecular weight is 370 g/mol. The third-order valence-corrected chi connectivity index (χ3v) is 4.73. The monoisotopic (exact) mass is 370 g/mol. The molecule has 2 amide bonds. The van der Waals surface area contributed by atoms with E-state index in [0.29, 0.717) is 31.9 Å². The number of aromatic nitrogens is 2. The lowest BCUT2D eigenvalue weighted by Crippen LogP contribution is -2.44. The molecule has 2 heterocycles. The number of carbonyl (C=O) groups excluding carboxylic acids is 2. The predicted molar refractivity (Wildman–Crippen MR) is 102 cm³/mol. The molecule has 1 fully saturated rings. The van der Waals surface area contributed by atoms with Gasteiger partial charge in [0.15, 0.2) is 0 Å². The highest BCUT2D eigenvalue weighted by Crippen LogP contribution is 2.20. The molecule has 7 nitrogen and oxygen atoms in total. The van der Waals surface area contributed by atoms with Gasteiger partial charge in [0.05, 0.1) is 24.6 Å². The van der Waals surface area contributed by atoms with Gasteiger partial charge in [-0.3, -0.25) is 14.3 Å². The van der Waals surface area contributed by atoms with Gasteiger partial charge in [-0.2, -0.15) is 5.10 Å². The largest absolute Gasteiger partial charge is 0.493 e. The van der Waals surface area contributed by atoms with Gasteiger partial charge >= 0.3 is 0 Å². The smallest absolute Gasteiger partial charge is 0.230 e. The van der Waals surface area contributed by atoms with Crippen LogP contribution in [-0.4, -0.2) is 46.2 Å². The molecular formula is C20H26N4O3. The van der Waals surface area contributed by atoms with Crippen LogP contribution in [0.4, 0.5) is 5.82 Å². The summed E-state index contributed by atoms with van der Waals surface area (Å²) in [7, 11) is 1.80. The molecule has 0 radical (unpaired) electrons. The summed E-state index contributed by atoms with van der Waals surface area (Å²) < 4.78 is 7.25. The summed E-state index contributed by atoms with van der Waals surface area (Å²) in [5.74, 6) is 1.20. The van der Waals surface area contributed by atoms with E-state index in [4.69, 9.17) is 4.74 Å². The second-order valence-corrected chi connectivity index (χ2v) is 6.87. The minimum absolute atomic E-state index is 0.0276. The Morgan fingerprint density at radius 1 is 1.30 bits per heavy atom. The second-order valence-electron chi connectivity index (χ2n) is 6.87. The molecule has 1 aromatic carbocycles. The van der Waals surface area contributed by atoms with Crippen molar-refractivity contribution in [1.82, 2.24) is 14.7 Å². The minimum atomic E-state index is -0.201. The zero-order chi connectivity index (χ0) is 19.2. The van der Waals surface area contributed by atoms with Crippen molar-refractivity contribution < 1.29 is 14.3 Å². The maximum atomic E-state index is 12.6. The average Bonchev–Trinajstić information content (AvgIpc) is 2.99. The predicted octanol–water partition coefficient (Wildman–Crippen LogP) is 2.37. The van der Waals surface area contributed by atoms with Crippen molar-refractivity contribution in [1.29, 1.82) is 0 Å². The van der Waals surface area contributed by atoms with Crippen molar-refractivity contribution in [3.05, 3.63) is 42.1 Å². The second kappa shape index (κ2) is 8.70. The zero-order valence-corrected chi connectivity index (χ0v) is 15.9. The number of benzene rings is 1. The van der Waals surface area contributed by atoms with Gasteiger partial charge in [0.25, 0.3) is 0 Å². The zero-order valence-electron chi connectivity index (χ0n) is 15.9. The van der Waals surface area contributed by atoms with Gasteiger partial charge in [0.1, 0.15) is 11.6 Å². The highest BCUT2D eigenvalue weighted by Gasteiger charge is 2.28. The Morgan fingerprint density at radius 3 is 2.78 bits per heavy atom. The SMILES string of the molecule is Cc1cc(NC(=O)C2CCCN(C(=O)CCOc3ccccc3)C2)n(C)n1. The van der Waals surface area contributed by atoms with Crippen molar-refractivity contribution in [3.8, 4) is 5.75 Å². The number of amides is 2. The molecule has 27 heavy (non-hydrogen) atoms. The van der Waals surface area contributed by atoms with E-state index in [9.17, 15) is 9.59 Å². The molecule has 1 aromatic heterocycles. The first-order chi connectivity index (χ1) is 13.0. The molecule has 2 aromatic rings. The van der Waals surface area contributed by atoms with Gasteiger partial charge in [0, 0.05) is 26.2 Å². The molecule has 0 bridgehead atoms. The molecule has 0 aliphatic carbocycles. The molecule has 144 valence electrons. The first-order valence-electron chi connectivity index (χ1n) is 9.30. The molecule has 1 aliphatic rings. The Hall–Kier alpha value is -2.83. The molecule has 3 rings (SSSR count). The van der Waals surface area contributed by atoms with E-state index in [-0.39, 0.29) is 17.7 Å². The third-order valence-electron chi connectivity index (χ3n) is 4.73. The fourth-order valence-electron chi connectivity index (χ4n) is 3.30. The fraction of sp³-hybridized carbons (Fsp3) is 0.450. The van der Waals surface area contributed by atoms with Crippen LogP contribution >= 0.6 is 0 Å². The molecule has 1 aliphatic heterocycles. The number of nitrogens with one attached hydrogen (secondary N) is 1. The van der Waals surface area contributed by atoms with E-state index in [1.165, 1.54) is 0 Å². The van der Waals surface area contributed by atoms with Crippen LogP contribution in [0.15, 0.2) is 36.4 Å². The summed E-state index contributed by atoms with van der Waals surface area (Å²) in [6.07, 6.45) is 1.92. The maximum absolute atomic E-state index is 12.6. The van der Waals surface area contributed by atoms with Crippen LogP contribution in [0, 0.1) is 12.8 Å². The van der Waals surface area contributed by atoms with Gasteiger partial charge in [-0.15, -0.1) is 0 Å². The van der Waals surface area contributed by atoms with E-state index in [1.54, 1.807) is 16.6 Å². The number of ether oxygens (including phenoxy) is 1. The molecule has 7 heteroatoms. The fourth-order valence-corrected chi connectivity index (χ4v) is 3.30. The Kier molecular flexibility index (Phi) is 6.11. The van der Waals surface area contributed by atoms with Crippen LogP contribution in [0.25, 0.3) is 0 Å². The summed E-state index contributed by atoms with van der Waals surface area (Å²) in [4.78, 5) is 26.8. The van der Waals surface area contributed by atoms with Gasteiger partial charge in [-0.25, -0.2) is 0 Å². The topological polar surface area (TPSA) is 76.5 Å². The van der Waals surface area contributed by atoms with E-state index in [1.807, 2.05) is 43.3 Å². The standard InChI is InChI=1S/C20H26N4O3/c1-15-13-18(23(2)22-15)21-20(26)16-7-6-11-24(14-16)19(25)10-12-27-17-8-4-3-5-9-17/h3-5,8-9,13,16H,6-7,10-12,14H2,1-2H3,(H,21,26). The van der Waals surface area contributed by atoms with Crippen LogP contribution in [0.1, 0.15) is 25.0 Å². The first kappa shape index (κ1) is 18.9. The molecule has 1 unspecified atom stereocenters. The maximum Gasteiger partial charge on any atom is 0.230 e. The number of aryl methyl sites for hydroxylation is 2. The summed E-state index contributed by atoms with van der Waals surface area (Å²) in [6, 6.07) is 11.3. The lowest BCUT2D eigenvalue weighted by molar-refractivity contribution is -0.135. The third kappa shape index (κ3) is 5.09. The van der Waals surface area contributed by atoms with Crippen LogP contribution in [0.2, 0.25) is 0 Å². The number of anilines is 1. The van der Waals surface area contributed by atoms with E-state index < -0.39 is 0 Å². The number of hydrogen-bond donors (Lipinski definition) is 1. The number of nitrogens with zero attached hydrogens (tertiary/aromatic N) is 3. The van der Waals surface area contributed by atoms with Crippen molar-refractivity contribution in [3.63, 3.8) is 0 Å². The van der Waals surface area contributed by atoms with Gasteiger partial charge < -0.3 is 15.0 Å². The number of piperidine rings is 1. The van der Waals surface area contributed by atoms with Crippen molar-refractivity contribution in [2.45, 2.75) is 26.2 Å². The first-order valence-corrected chi connectivity index (χ1v) is 9.30. The van der Waals surface area contributed by atoms with Crippen LogP contribution in [-0.2, 0) is 16.6 Å². The Labute approximate surface area is 159 Å². The summed E-state index contributed by atoms with van der Waals surface area (Å²) >= 11 is 0. The van der Waals surface area contributed by atoms with Gasteiger partial charge in [-0.05, 0) is 31.9 Å². The number of rotatable bonds is 6. The summed E-state index contributed by atoms with van der Waals surface area (Å²) in [6.45, 7) is 3.37. The molecule has 0 saturated carbocycles. The molecule has 1 saturated heterocycles. The van der Waals surface area contributed by atoms with Crippen LogP contribution in [0.3, 0.4) is 0 Å². The number of hydrogen-bond acceptors (Lipinski definition) is 4. The summed E-state index contributed by atoms with van der Waals surface area (Å²) in [5.41, 5.74) is 0.853. The molecule has 1 atom stereocenters. The Balaban J connectivity index is 1.48. The van der Waals surface area contributed by atoms with Gasteiger partial charge in [-0.1, -0.05) is 18.2 Å². The van der Waals surface area contributed by atoms with Crippen LogP contribution < -0.4 is 10.1 Å². The van der Waals surface area contributed by atoms with Crippen LogP contribution in [0.5, 0.6) is 5.75 Å². The normalized spacial score (nSPS) is 16.8. The van der Waals surface area contributed by atoms with E-state index in [0.717, 1.165) is 24.3 Å². The number of likely N-dealkylation sites (tertiary alicyclic amines) is 1. The Bertz CT molecular complexity index is 788. The van der Waals surface area contributed by atoms with Crippen molar-refractivity contribution in [2.24, 2.45) is 13.0 Å². The molecule has 1 N–H and O–H groups in total. The van der Waals surface area contributed by atoms with Gasteiger partial charge in [0.2, 0.25) is 11.8 Å². The van der Waals surface area contributed by atoms with Crippen molar-refractivity contribution >= 4 is 17.6 Å². The summed E-state index contributed by atoms with van der Waals surface area (Å²) in [5, 5.41) is 7.16. The highest BCUT2D eigenvalue weighted by atomic mass is 16.5. The minimum Gasteiger partial charge on any atom is -0.493 e.